The van der Waals surface area contributed by atoms with E-state index >= 15 is 0 Å². The highest BCUT2D eigenvalue weighted by Crippen LogP contribution is 2.11. The minimum atomic E-state index is 1.01. The van der Waals surface area contributed by atoms with Gasteiger partial charge in [0.05, 0.1) is 5.69 Å². The highest BCUT2D eigenvalue weighted by atomic mass is 32.2. The topological polar surface area (TPSA) is 17.8 Å². The number of imidazole rings is 1. The summed E-state index contributed by atoms with van der Waals surface area (Å²) in [5.74, 6) is 2.28. The van der Waals surface area contributed by atoms with Gasteiger partial charge in [0.25, 0.3) is 0 Å². The molecule has 0 unspecified atom stereocenters. The van der Waals surface area contributed by atoms with Gasteiger partial charge in [-0.3, -0.25) is 3.97 Å². The Morgan fingerprint density at radius 2 is 2.27 bits per heavy atom. The molecular formula is C8H14N2S. The average Bonchev–Trinajstić information content (AvgIpc) is 2.32. The van der Waals surface area contributed by atoms with Crippen molar-refractivity contribution in [3.8, 4) is 0 Å². The molecule has 0 amide bonds. The SMILES string of the molecule is CCSn1cc(C)nc1CC. The Morgan fingerprint density at radius 3 is 2.82 bits per heavy atom. The van der Waals surface area contributed by atoms with Crippen LogP contribution in [0.25, 0.3) is 0 Å². The Bertz CT molecular complexity index is 230. The molecule has 0 bridgehead atoms. The van der Waals surface area contributed by atoms with Crippen molar-refractivity contribution >= 4 is 11.9 Å². The summed E-state index contributed by atoms with van der Waals surface area (Å²) in [5, 5.41) is 0. The highest BCUT2D eigenvalue weighted by Gasteiger charge is 2.01. The Labute approximate surface area is 72.2 Å². The van der Waals surface area contributed by atoms with E-state index in [4.69, 9.17) is 0 Å². The first-order valence-corrected chi connectivity index (χ1v) is 4.90. The second kappa shape index (κ2) is 3.81. The maximum atomic E-state index is 4.39. The highest BCUT2D eigenvalue weighted by molar-refractivity contribution is 7.97. The van der Waals surface area contributed by atoms with Crippen LogP contribution in [-0.2, 0) is 6.42 Å². The first-order chi connectivity index (χ1) is 5.27. The van der Waals surface area contributed by atoms with Gasteiger partial charge < -0.3 is 0 Å². The Kier molecular flexibility index (Phi) is 3.00. The van der Waals surface area contributed by atoms with Gasteiger partial charge in [0.2, 0.25) is 0 Å². The fraction of sp³-hybridized carbons (Fsp3) is 0.625. The van der Waals surface area contributed by atoms with Gasteiger partial charge in [0, 0.05) is 18.4 Å². The fourth-order valence-corrected chi connectivity index (χ4v) is 1.84. The molecule has 0 radical (unpaired) electrons. The molecule has 0 saturated heterocycles. The first kappa shape index (κ1) is 8.65. The summed E-state index contributed by atoms with van der Waals surface area (Å²) in [7, 11) is 0. The van der Waals surface area contributed by atoms with Crippen LogP contribution in [0.1, 0.15) is 25.4 Å². The van der Waals surface area contributed by atoms with E-state index in [1.807, 2.05) is 6.92 Å². The minimum Gasteiger partial charge on any atom is -0.277 e. The maximum Gasteiger partial charge on any atom is 0.118 e. The van der Waals surface area contributed by atoms with E-state index < -0.39 is 0 Å². The van der Waals surface area contributed by atoms with Gasteiger partial charge >= 0.3 is 0 Å². The van der Waals surface area contributed by atoms with Gasteiger partial charge in [-0.2, -0.15) is 0 Å². The number of rotatable bonds is 3. The quantitative estimate of drug-likeness (QED) is 0.692. The molecular weight excluding hydrogens is 156 g/mol. The molecule has 1 heterocycles. The van der Waals surface area contributed by atoms with Gasteiger partial charge in [0.1, 0.15) is 5.82 Å². The van der Waals surface area contributed by atoms with Crippen molar-refractivity contribution in [3.63, 3.8) is 0 Å². The Morgan fingerprint density at radius 1 is 1.55 bits per heavy atom. The molecule has 0 atom stereocenters. The normalized spacial score (nSPS) is 10.5. The zero-order chi connectivity index (χ0) is 8.27. The molecule has 62 valence electrons. The summed E-state index contributed by atoms with van der Waals surface area (Å²) in [4.78, 5) is 4.39. The van der Waals surface area contributed by atoms with Crippen LogP contribution in [0.5, 0.6) is 0 Å². The number of nitrogens with zero attached hydrogens (tertiary/aromatic N) is 2. The number of aryl methyl sites for hydroxylation is 2. The van der Waals surface area contributed by atoms with Crippen molar-refractivity contribution < 1.29 is 0 Å². The van der Waals surface area contributed by atoms with Gasteiger partial charge in [0.15, 0.2) is 0 Å². The molecule has 1 aromatic rings. The second-order valence-electron chi connectivity index (χ2n) is 2.40. The lowest BCUT2D eigenvalue weighted by molar-refractivity contribution is 0.954. The fourth-order valence-electron chi connectivity index (χ4n) is 1.01. The zero-order valence-electron chi connectivity index (χ0n) is 7.29. The lowest BCUT2D eigenvalue weighted by Crippen LogP contribution is -1.93. The molecule has 11 heavy (non-hydrogen) atoms. The van der Waals surface area contributed by atoms with Crippen LogP contribution in [0.3, 0.4) is 0 Å². The second-order valence-corrected chi connectivity index (χ2v) is 3.62. The summed E-state index contributed by atoms with van der Waals surface area (Å²) in [6.07, 6.45) is 3.10. The molecule has 0 saturated carbocycles. The van der Waals surface area contributed by atoms with E-state index in [2.05, 4.69) is 29.0 Å². The van der Waals surface area contributed by atoms with Crippen LogP contribution in [0.2, 0.25) is 0 Å². The van der Waals surface area contributed by atoms with Crippen molar-refractivity contribution in [1.29, 1.82) is 0 Å². The van der Waals surface area contributed by atoms with Gasteiger partial charge in [-0.15, -0.1) is 0 Å². The van der Waals surface area contributed by atoms with Crippen molar-refractivity contribution in [2.75, 3.05) is 5.75 Å². The van der Waals surface area contributed by atoms with E-state index in [0.717, 1.165) is 17.9 Å². The summed E-state index contributed by atoms with van der Waals surface area (Å²) in [6, 6.07) is 0. The third-order valence-electron chi connectivity index (χ3n) is 1.45. The maximum absolute atomic E-state index is 4.39. The van der Waals surface area contributed by atoms with Crippen LogP contribution in [-0.4, -0.2) is 14.7 Å². The molecule has 3 heteroatoms. The minimum absolute atomic E-state index is 1.01. The first-order valence-electron chi connectivity index (χ1n) is 3.96. The summed E-state index contributed by atoms with van der Waals surface area (Å²) >= 11 is 1.80. The largest absolute Gasteiger partial charge is 0.277 e. The van der Waals surface area contributed by atoms with Gasteiger partial charge in [-0.25, -0.2) is 4.98 Å². The zero-order valence-corrected chi connectivity index (χ0v) is 8.11. The van der Waals surface area contributed by atoms with Crippen LogP contribution in [0.4, 0.5) is 0 Å². The molecule has 1 rings (SSSR count). The van der Waals surface area contributed by atoms with E-state index in [1.165, 1.54) is 5.82 Å². The third kappa shape index (κ3) is 1.99. The molecule has 0 aliphatic rings. The summed E-state index contributed by atoms with van der Waals surface area (Å²) in [5.41, 5.74) is 1.11. The van der Waals surface area contributed by atoms with Crippen molar-refractivity contribution in [2.45, 2.75) is 27.2 Å². The molecule has 0 aromatic carbocycles. The van der Waals surface area contributed by atoms with Crippen LogP contribution < -0.4 is 0 Å². The van der Waals surface area contributed by atoms with Crippen LogP contribution in [0, 0.1) is 6.92 Å². The van der Waals surface area contributed by atoms with Crippen molar-refractivity contribution in [2.24, 2.45) is 0 Å². The van der Waals surface area contributed by atoms with E-state index in [0.29, 0.717) is 0 Å². The van der Waals surface area contributed by atoms with E-state index in [9.17, 15) is 0 Å². The standard InChI is InChI=1S/C8H14N2S/c1-4-8-9-7(3)6-10(8)11-5-2/h6H,4-5H2,1-3H3. The third-order valence-corrected chi connectivity index (χ3v) is 2.30. The van der Waals surface area contributed by atoms with Gasteiger partial charge in [-0.05, 0) is 18.9 Å². The predicted octanol–water partition coefficient (Wildman–Crippen LogP) is 2.27. The average molecular weight is 170 g/mol. The molecule has 0 spiro atoms. The molecule has 1 aromatic heterocycles. The van der Waals surface area contributed by atoms with Crippen LogP contribution >= 0.6 is 11.9 Å². The Hall–Kier alpha value is -0.440. The number of aromatic nitrogens is 2. The smallest absolute Gasteiger partial charge is 0.118 e. The lowest BCUT2D eigenvalue weighted by Gasteiger charge is -2.00. The molecule has 2 nitrogen and oxygen atoms in total. The van der Waals surface area contributed by atoms with Crippen molar-refractivity contribution in [3.05, 3.63) is 17.7 Å². The molecule has 0 aliphatic carbocycles. The number of hydrogen-bond donors (Lipinski definition) is 0. The lowest BCUT2D eigenvalue weighted by atomic mass is 10.5. The molecule has 0 N–H and O–H groups in total. The molecule has 0 aliphatic heterocycles. The molecule has 0 fully saturated rings. The van der Waals surface area contributed by atoms with E-state index in [-0.39, 0.29) is 0 Å². The van der Waals surface area contributed by atoms with Gasteiger partial charge in [-0.1, -0.05) is 13.8 Å². The monoisotopic (exact) mass is 170 g/mol. The number of hydrogen-bond acceptors (Lipinski definition) is 2. The Balaban J connectivity index is 2.83. The van der Waals surface area contributed by atoms with Crippen LogP contribution in [0.15, 0.2) is 6.20 Å². The predicted molar refractivity (Wildman–Crippen MR) is 49.9 cm³/mol. The summed E-state index contributed by atoms with van der Waals surface area (Å²) in [6.45, 7) is 6.32. The summed E-state index contributed by atoms with van der Waals surface area (Å²) < 4.78 is 2.16. The van der Waals surface area contributed by atoms with Crippen molar-refractivity contribution in [1.82, 2.24) is 8.96 Å². The van der Waals surface area contributed by atoms with E-state index in [1.54, 1.807) is 11.9 Å².